The molecule has 9 heteroatoms. The molecule has 3 heterocycles. The van der Waals surface area contributed by atoms with E-state index in [0.29, 0.717) is 23.7 Å². The van der Waals surface area contributed by atoms with Gasteiger partial charge in [-0.2, -0.15) is 0 Å². The predicted octanol–water partition coefficient (Wildman–Crippen LogP) is 2.76. The maximum absolute atomic E-state index is 13.0. The first-order valence-electron chi connectivity index (χ1n) is 9.49. The number of piperazine rings is 1. The molecule has 0 spiro atoms. The molecule has 2 aromatic heterocycles. The van der Waals surface area contributed by atoms with Gasteiger partial charge in [-0.3, -0.25) is 14.6 Å². The third-order valence-corrected chi connectivity index (χ3v) is 5.81. The Morgan fingerprint density at radius 2 is 1.83 bits per heavy atom. The van der Waals surface area contributed by atoms with E-state index in [2.05, 4.69) is 20.2 Å². The molecule has 0 unspecified atom stereocenters. The van der Waals surface area contributed by atoms with Gasteiger partial charge in [0.15, 0.2) is 0 Å². The van der Waals surface area contributed by atoms with E-state index in [1.54, 1.807) is 18.6 Å². The van der Waals surface area contributed by atoms with Crippen molar-refractivity contribution in [2.45, 2.75) is 0 Å². The van der Waals surface area contributed by atoms with Crippen LogP contribution in [0.1, 0.15) is 20.2 Å². The van der Waals surface area contributed by atoms with Gasteiger partial charge >= 0.3 is 0 Å². The van der Waals surface area contributed by atoms with Gasteiger partial charge in [-0.05, 0) is 35.7 Å². The maximum atomic E-state index is 13.0. The zero-order valence-electron chi connectivity index (χ0n) is 16.4. The average Bonchev–Trinajstić information content (AvgIpc) is 3.27. The summed E-state index contributed by atoms with van der Waals surface area (Å²) in [6.07, 6.45) is 4.35. The lowest BCUT2D eigenvalue weighted by Crippen LogP contribution is -2.48. The van der Waals surface area contributed by atoms with Crippen LogP contribution in [0.25, 0.3) is 0 Å². The van der Waals surface area contributed by atoms with Crippen LogP contribution < -0.4 is 15.0 Å². The third kappa shape index (κ3) is 4.25. The first-order valence-corrected chi connectivity index (χ1v) is 10.4. The molecule has 4 rings (SSSR count). The summed E-state index contributed by atoms with van der Waals surface area (Å²) in [5.41, 5.74) is 1.81. The molecular weight excluding hydrogens is 402 g/mol. The highest BCUT2D eigenvalue weighted by Gasteiger charge is 2.25. The van der Waals surface area contributed by atoms with Crippen LogP contribution in [0.2, 0.25) is 0 Å². The van der Waals surface area contributed by atoms with Crippen molar-refractivity contribution in [3.63, 3.8) is 0 Å². The van der Waals surface area contributed by atoms with Gasteiger partial charge in [0, 0.05) is 44.3 Å². The topological polar surface area (TPSA) is 87.7 Å². The molecule has 2 amide bonds. The molecule has 1 N–H and O–H groups in total. The highest BCUT2D eigenvalue weighted by molar-refractivity contribution is 7.12. The number of hydrogen-bond acceptors (Lipinski definition) is 7. The van der Waals surface area contributed by atoms with Crippen LogP contribution in [0.5, 0.6) is 5.75 Å². The number of rotatable bonds is 5. The second-order valence-corrected chi connectivity index (χ2v) is 7.60. The van der Waals surface area contributed by atoms with Gasteiger partial charge in [-0.15, -0.1) is 11.3 Å². The Balaban J connectivity index is 1.39. The van der Waals surface area contributed by atoms with E-state index >= 15 is 0 Å². The first-order chi connectivity index (χ1) is 14.7. The Labute approximate surface area is 178 Å². The number of thiophene rings is 1. The zero-order valence-corrected chi connectivity index (χ0v) is 17.3. The van der Waals surface area contributed by atoms with E-state index in [1.165, 1.54) is 29.9 Å². The van der Waals surface area contributed by atoms with Gasteiger partial charge < -0.3 is 19.9 Å². The molecular formula is C21H21N5O3S. The van der Waals surface area contributed by atoms with Gasteiger partial charge in [0.2, 0.25) is 0 Å². The smallest absolute Gasteiger partial charge is 0.275 e. The molecule has 3 aromatic rings. The molecule has 1 aromatic carbocycles. The van der Waals surface area contributed by atoms with E-state index in [-0.39, 0.29) is 17.5 Å². The number of amides is 2. The molecule has 8 nitrogen and oxygen atoms in total. The molecule has 154 valence electrons. The number of carbonyl (C=O) groups is 2. The molecule has 0 saturated carbocycles. The number of nitrogens with one attached hydrogen (secondary N) is 1. The quantitative estimate of drug-likeness (QED) is 0.679. The Bertz CT molecular complexity index is 1010. The minimum absolute atomic E-state index is 0.0752. The molecule has 1 aliphatic heterocycles. The van der Waals surface area contributed by atoms with Crippen LogP contribution >= 0.6 is 11.3 Å². The van der Waals surface area contributed by atoms with Crippen LogP contribution in [0.15, 0.2) is 54.3 Å². The highest BCUT2D eigenvalue weighted by Crippen LogP contribution is 2.26. The number of nitrogens with zero attached hydrogens (tertiary/aromatic N) is 4. The van der Waals surface area contributed by atoms with E-state index in [9.17, 15) is 9.59 Å². The van der Waals surface area contributed by atoms with Crippen molar-refractivity contribution in [2.24, 2.45) is 0 Å². The molecule has 0 bridgehead atoms. The fraction of sp³-hybridized carbons (Fsp3) is 0.238. The lowest BCUT2D eigenvalue weighted by atomic mass is 10.2. The van der Waals surface area contributed by atoms with Gasteiger partial charge in [0.05, 0.1) is 19.0 Å². The molecule has 0 radical (unpaired) electrons. The lowest BCUT2D eigenvalue weighted by molar-refractivity contribution is 0.0752. The van der Waals surface area contributed by atoms with Gasteiger partial charge in [0.25, 0.3) is 11.8 Å². The Kier molecular flexibility index (Phi) is 5.89. The van der Waals surface area contributed by atoms with Gasteiger partial charge in [-0.1, -0.05) is 0 Å². The fourth-order valence-electron chi connectivity index (χ4n) is 3.28. The van der Waals surface area contributed by atoms with Gasteiger partial charge in [-0.25, -0.2) is 4.98 Å². The predicted molar refractivity (Wildman–Crippen MR) is 115 cm³/mol. The molecule has 0 atom stereocenters. The first kappa shape index (κ1) is 19.8. The lowest BCUT2D eigenvalue weighted by Gasteiger charge is -2.36. The largest absolute Gasteiger partial charge is 0.497 e. The van der Waals surface area contributed by atoms with Crippen molar-refractivity contribution < 1.29 is 14.3 Å². The van der Waals surface area contributed by atoms with E-state index in [4.69, 9.17) is 4.74 Å². The summed E-state index contributed by atoms with van der Waals surface area (Å²) >= 11 is 1.32. The van der Waals surface area contributed by atoms with Crippen LogP contribution in [-0.4, -0.2) is 60.0 Å². The monoisotopic (exact) mass is 423 g/mol. The summed E-state index contributed by atoms with van der Waals surface area (Å²) < 4.78 is 5.21. The number of hydrogen-bond donors (Lipinski definition) is 1. The van der Waals surface area contributed by atoms with Crippen molar-refractivity contribution in [3.05, 3.63) is 64.9 Å². The SMILES string of the molecule is COc1ccc(N2CCN(C(=O)c3sccc3NC(=O)c3cnccn3)CC2)cc1. The van der Waals surface area contributed by atoms with E-state index in [1.807, 2.05) is 29.2 Å². The number of carbonyl (C=O) groups excluding carboxylic acids is 2. The number of methoxy groups -OCH3 is 1. The minimum atomic E-state index is -0.389. The summed E-state index contributed by atoms with van der Waals surface area (Å²) in [4.78, 5) is 37.9. The minimum Gasteiger partial charge on any atom is -0.497 e. The van der Waals surface area contributed by atoms with E-state index < -0.39 is 0 Å². The summed E-state index contributed by atoms with van der Waals surface area (Å²) in [6.45, 7) is 2.70. The molecule has 1 saturated heterocycles. The van der Waals surface area contributed by atoms with Crippen molar-refractivity contribution in [1.29, 1.82) is 0 Å². The van der Waals surface area contributed by atoms with Crippen LogP contribution in [0.3, 0.4) is 0 Å². The number of benzene rings is 1. The maximum Gasteiger partial charge on any atom is 0.275 e. The third-order valence-electron chi connectivity index (χ3n) is 4.91. The number of aromatic nitrogens is 2. The second-order valence-electron chi connectivity index (χ2n) is 6.69. The van der Waals surface area contributed by atoms with Crippen LogP contribution in [-0.2, 0) is 0 Å². The Morgan fingerprint density at radius 1 is 1.07 bits per heavy atom. The normalized spacial score (nSPS) is 13.8. The summed E-state index contributed by atoms with van der Waals surface area (Å²) in [5, 5.41) is 4.57. The highest BCUT2D eigenvalue weighted by atomic mass is 32.1. The molecule has 30 heavy (non-hydrogen) atoms. The van der Waals surface area contributed by atoms with Crippen molar-refractivity contribution in [2.75, 3.05) is 43.5 Å². The summed E-state index contributed by atoms with van der Waals surface area (Å²) in [7, 11) is 1.65. The Hall–Kier alpha value is -3.46. The van der Waals surface area contributed by atoms with Gasteiger partial charge in [0.1, 0.15) is 16.3 Å². The second kappa shape index (κ2) is 8.91. The fourth-order valence-corrected chi connectivity index (χ4v) is 4.10. The molecule has 1 fully saturated rings. The number of ether oxygens (including phenoxy) is 1. The standard InChI is InChI=1S/C21H21N5O3S/c1-29-16-4-2-15(3-5-16)25-9-11-26(12-10-25)21(28)19-17(6-13-30-19)24-20(27)18-14-22-7-8-23-18/h2-8,13-14H,9-12H2,1H3,(H,24,27). The molecule has 0 aliphatic carbocycles. The number of anilines is 2. The van der Waals surface area contributed by atoms with Crippen molar-refractivity contribution in [1.82, 2.24) is 14.9 Å². The van der Waals surface area contributed by atoms with Crippen LogP contribution in [0.4, 0.5) is 11.4 Å². The summed E-state index contributed by atoms with van der Waals surface area (Å²) in [5.74, 6) is 0.357. The van der Waals surface area contributed by atoms with E-state index in [0.717, 1.165) is 24.5 Å². The summed E-state index contributed by atoms with van der Waals surface area (Å²) in [6, 6.07) is 9.65. The molecule has 1 aliphatic rings. The van der Waals surface area contributed by atoms with Crippen molar-refractivity contribution >= 4 is 34.5 Å². The Morgan fingerprint density at radius 3 is 2.50 bits per heavy atom. The average molecular weight is 423 g/mol. The van der Waals surface area contributed by atoms with Crippen molar-refractivity contribution in [3.8, 4) is 5.75 Å². The zero-order chi connectivity index (χ0) is 20.9. The van der Waals surface area contributed by atoms with Crippen LogP contribution in [0, 0.1) is 0 Å².